The molecule has 3 fully saturated rings. The largest absolute Gasteiger partial charge is 0.383 e. The summed E-state index contributed by atoms with van der Waals surface area (Å²) in [6, 6.07) is 0. The maximum absolute atomic E-state index is 12.8. The van der Waals surface area contributed by atoms with Gasteiger partial charge in [0, 0.05) is 45.6 Å². The molecule has 2 amide bonds. The molecule has 3 rings (SSSR count). The summed E-state index contributed by atoms with van der Waals surface area (Å²) in [6.45, 7) is 3.95. The van der Waals surface area contributed by atoms with Gasteiger partial charge in [-0.25, -0.2) is 0 Å². The van der Waals surface area contributed by atoms with E-state index in [0.29, 0.717) is 25.5 Å². The zero-order valence-electron chi connectivity index (χ0n) is 15.8. The minimum Gasteiger partial charge on any atom is -0.383 e. The van der Waals surface area contributed by atoms with E-state index in [1.165, 1.54) is 19.3 Å². The standard InChI is InChI=1S/C20H34N2O3/c1-25-16-15-21-12-9-20(8-7-18(21)23)10-13-22(14-11-20)19(24)17-5-3-2-4-6-17/h17H,2-16H2,1H3. The van der Waals surface area contributed by atoms with E-state index in [1.807, 2.05) is 4.90 Å². The number of carbonyl (C=O) groups excluding carboxylic acids is 2. The van der Waals surface area contributed by atoms with E-state index in [0.717, 1.165) is 58.2 Å². The summed E-state index contributed by atoms with van der Waals surface area (Å²) >= 11 is 0. The number of nitrogens with zero attached hydrogens (tertiary/aromatic N) is 2. The average molecular weight is 351 g/mol. The number of carbonyl (C=O) groups is 2. The predicted molar refractivity (Wildman–Crippen MR) is 97.1 cm³/mol. The Bertz CT molecular complexity index is 466. The molecule has 0 aromatic rings. The fraction of sp³-hybridized carbons (Fsp3) is 0.900. The Morgan fingerprint density at radius 3 is 2.44 bits per heavy atom. The lowest BCUT2D eigenvalue weighted by Crippen LogP contribution is -2.46. The van der Waals surface area contributed by atoms with E-state index in [1.54, 1.807) is 7.11 Å². The molecule has 0 radical (unpaired) electrons. The Morgan fingerprint density at radius 1 is 1.08 bits per heavy atom. The minimum absolute atomic E-state index is 0.265. The lowest BCUT2D eigenvalue weighted by molar-refractivity contribution is -0.139. The van der Waals surface area contributed by atoms with Crippen molar-refractivity contribution in [2.45, 2.75) is 64.2 Å². The molecule has 5 heteroatoms. The smallest absolute Gasteiger partial charge is 0.225 e. The molecule has 1 aliphatic carbocycles. The predicted octanol–water partition coefficient (Wildman–Crippen LogP) is 2.83. The van der Waals surface area contributed by atoms with Gasteiger partial charge in [0.2, 0.25) is 11.8 Å². The van der Waals surface area contributed by atoms with Crippen LogP contribution in [0.3, 0.4) is 0 Å². The Hall–Kier alpha value is -1.10. The molecule has 2 saturated heterocycles. The average Bonchev–Trinajstić information content (AvgIpc) is 2.81. The molecular formula is C20H34N2O3. The van der Waals surface area contributed by atoms with Crippen molar-refractivity contribution in [3.63, 3.8) is 0 Å². The van der Waals surface area contributed by atoms with Crippen LogP contribution in [0.2, 0.25) is 0 Å². The molecule has 0 atom stereocenters. The van der Waals surface area contributed by atoms with Crippen molar-refractivity contribution >= 4 is 11.8 Å². The topological polar surface area (TPSA) is 49.9 Å². The summed E-state index contributed by atoms with van der Waals surface area (Å²) in [5.74, 6) is 0.957. The number of likely N-dealkylation sites (tertiary alicyclic amines) is 2. The van der Waals surface area contributed by atoms with Crippen molar-refractivity contribution in [1.82, 2.24) is 9.80 Å². The third kappa shape index (κ3) is 4.55. The van der Waals surface area contributed by atoms with Gasteiger partial charge in [-0.1, -0.05) is 19.3 Å². The number of hydrogen-bond donors (Lipinski definition) is 0. The van der Waals surface area contributed by atoms with Crippen molar-refractivity contribution in [1.29, 1.82) is 0 Å². The van der Waals surface area contributed by atoms with Crippen LogP contribution >= 0.6 is 0 Å². The van der Waals surface area contributed by atoms with Gasteiger partial charge in [-0.2, -0.15) is 0 Å². The second-order valence-corrected chi connectivity index (χ2v) is 8.28. The van der Waals surface area contributed by atoms with Gasteiger partial charge in [-0.05, 0) is 43.9 Å². The third-order valence-electron chi connectivity index (χ3n) is 6.79. The van der Waals surface area contributed by atoms with Crippen molar-refractivity contribution in [3.8, 4) is 0 Å². The summed E-state index contributed by atoms with van der Waals surface area (Å²) in [5.41, 5.74) is 0.265. The van der Waals surface area contributed by atoms with Crippen molar-refractivity contribution in [3.05, 3.63) is 0 Å². The number of amides is 2. The highest BCUT2D eigenvalue weighted by Crippen LogP contribution is 2.42. The van der Waals surface area contributed by atoms with Crippen molar-refractivity contribution in [2.75, 3.05) is 39.9 Å². The highest BCUT2D eigenvalue weighted by molar-refractivity contribution is 5.79. The molecule has 0 aromatic carbocycles. The second-order valence-electron chi connectivity index (χ2n) is 8.28. The molecular weight excluding hydrogens is 316 g/mol. The van der Waals surface area contributed by atoms with Gasteiger partial charge in [0.25, 0.3) is 0 Å². The molecule has 0 bridgehead atoms. The van der Waals surface area contributed by atoms with Crippen LogP contribution in [0, 0.1) is 11.3 Å². The first-order chi connectivity index (χ1) is 12.1. The molecule has 5 nitrogen and oxygen atoms in total. The monoisotopic (exact) mass is 350 g/mol. The van der Waals surface area contributed by atoms with Crippen LogP contribution in [0.15, 0.2) is 0 Å². The number of piperidine rings is 1. The number of ether oxygens (including phenoxy) is 1. The van der Waals surface area contributed by atoms with Gasteiger partial charge in [0.05, 0.1) is 6.61 Å². The Morgan fingerprint density at radius 2 is 1.76 bits per heavy atom. The number of hydrogen-bond acceptors (Lipinski definition) is 3. The van der Waals surface area contributed by atoms with E-state index < -0.39 is 0 Å². The van der Waals surface area contributed by atoms with Crippen LogP contribution in [-0.2, 0) is 14.3 Å². The minimum atomic E-state index is 0.265. The molecule has 0 aromatic heterocycles. The van der Waals surface area contributed by atoms with Crippen molar-refractivity contribution < 1.29 is 14.3 Å². The maximum atomic E-state index is 12.8. The van der Waals surface area contributed by atoms with E-state index in [-0.39, 0.29) is 17.2 Å². The van der Waals surface area contributed by atoms with Gasteiger partial charge in [-0.3, -0.25) is 9.59 Å². The zero-order valence-corrected chi connectivity index (χ0v) is 15.8. The first-order valence-electron chi connectivity index (χ1n) is 10.2. The van der Waals surface area contributed by atoms with Gasteiger partial charge in [0.15, 0.2) is 0 Å². The van der Waals surface area contributed by atoms with Crippen molar-refractivity contribution in [2.24, 2.45) is 11.3 Å². The Kier molecular flexibility index (Phi) is 6.37. The lowest BCUT2D eigenvalue weighted by atomic mass is 9.72. The zero-order chi connectivity index (χ0) is 17.7. The quantitative estimate of drug-likeness (QED) is 0.783. The fourth-order valence-electron chi connectivity index (χ4n) is 4.90. The number of methoxy groups -OCH3 is 1. The lowest BCUT2D eigenvalue weighted by Gasteiger charge is -2.42. The first-order valence-corrected chi connectivity index (χ1v) is 10.2. The summed E-state index contributed by atoms with van der Waals surface area (Å²) in [4.78, 5) is 29.2. The van der Waals surface area contributed by atoms with Crippen LogP contribution in [0.1, 0.15) is 64.2 Å². The second kappa shape index (κ2) is 8.52. The molecule has 2 heterocycles. The molecule has 1 saturated carbocycles. The fourth-order valence-corrected chi connectivity index (χ4v) is 4.90. The van der Waals surface area contributed by atoms with Crippen LogP contribution in [0.5, 0.6) is 0 Å². The summed E-state index contributed by atoms with van der Waals surface area (Å²) in [6.07, 6.45) is 10.7. The summed E-state index contributed by atoms with van der Waals surface area (Å²) in [7, 11) is 1.68. The molecule has 3 aliphatic rings. The van der Waals surface area contributed by atoms with Crippen LogP contribution in [-0.4, -0.2) is 61.5 Å². The molecule has 0 N–H and O–H groups in total. The highest BCUT2D eigenvalue weighted by atomic mass is 16.5. The van der Waals surface area contributed by atoms with Gasteiger partial charge >= 0.3 is 0 Å². The summed E-state index contributed by atoms with van der Waals surface area (Å²) in [5, 5.41) is 0. The summed E-state index contributed by atoms with van der Waals surface area (Å²) < 4.78 is 5.13. The molecule has 142 valence electrons. The Labute approximate surface area is 152 Å². The normalized spacial score (nSPS) is 25.2. The Balaban J connectivity index is 1.52. The SMILES string of the molecule is COCCN1CCC2(CCC1=O)CCN(C(=O)C1CCCCC1)CC2. The van der Waals surface area contributed by atoms with E-state index >= 15 is 0 Å². The van der Waals surface area contributed by atoms with E-state index in [4.69, 9.17) is 4.74 Å². The van der Waals surface area contributed by atoms with Gasteiger partial charge in [0.1, 0.15) is 0 Å². The highest BCUT2D eigenvalue weighted by Gasteiger charge is 2.39. The molecule has 0 unspecified atom stereocenters. The third-order valence-corrected chi connectivity index (χ3v) is 6.79. The van der Waals surface area contributed by atoms with Gasteiger partial charge in [-0.15, -0.1) is 0 Å². The van der Waals surface area contributed by atoms with Crippen LogP contribution < -0.4 is 0 Å². The maximum Gasteiger partial charge on any atom is 0.225 e. The van der Waals surface area contributed by atoms with Crippen LogP contribution in [0.25, 0.3) is 0 Å². The molecule has 25 heavy (non-hydrogen) atoms. The van der Waals surface area contributed by atoms with Gasteiger partial charge < -0.3 is 14.5 Å². The van der Waals surface area contributed by atoms with E-state index in [9.17, 15) is 9.59 Å². The number of rotatable bonds is 4. The molecule has 1 spiro atoms. The van der Waals surface area contributed by atoms with E-state index in [2.05, 4.69) is 4.90 Å². The first kappa shape index (κ1) is 18.7. The van der Waals surface area contributed by atoms with Crippen LogP contribution in [0.4, 0.5) is 0 Å². The molecule has 2 aliphatic heterocycles.